The van der Waals surface area contributed by atoms with E-state index >= 15 is 0 Å². The fourth-order valence-corrected chi connectivity index (χ4v) is 3.52. The van der Waals surface area contributed by atoms with Gasteiger partial charge in [-0.15, -0.1) is 0 Å². The normalized spacial score (nSPS) is 30.4. The van der Waals surface area contributed by atoms with Gasteiger partial charge in [-0.2, -0.15) is 0 Å². The van der Waals surface area contributed by atoms with Gasteiger partial charge < -0.3 is 14.5 Å². The Hall–Kier alpha value is -1.48. The molecule has 4 rings (SSSR count). The molecule has 0 aliphatic carbocycles. The summed E-state index contributed by atoms with van der Waals surface area (Å²) in [6.45, 7) is 0. The first kappa shape index (κ1) is 11.4. The first-order chi connectivity index (χ1) is 9.37. The van der Waals surface area contributed by atoms with Crippen LogP contribution in [-0.2, 0) is 0 Å². The van der Waals surface area contributed by atoms with Crippen LogP contribution in [0.1, 0.15) is 32.1 Å². The number of furan rings is 1. The molecule has 1 aromatic heterocycles. The Kier molecular flexibility index (Phi) is 2.73. The predicted molar refractivity (Wildman–Crippen MR) is 74.4 cm³/mol. The summed E-state index contributed by atoms with van der Waals surface area (Å²) >= 11 is 0. The maximum absolute atomic E-state index is 6.19. The van der Waals surface area contributed by atoms with Gasteiger partial charge in [-0.1, -0.05) is 6.42 Å². The minimum Gasteiger partial charge on any atom is -0.490 e. The second kappa shape index (κ2) is 4.57. The van der Waals surface area contributed by atoms with Gasteiger partial charge in [0.05, 0.1) is 6.26 Å². The van der Waals surface area contributed by atoms with Gasteiger partial charge in [0.25, 0.3) is 0 Å². The summed E-state index contributed by atoms with van der Waals surface area (Å²) < 4.78 is 11.5. The van der Waals surface area contributed by atoms with Crippen molar-refractivity contribution >= 4 is 11.0 Å². The van der Waals surface area contributed by atoms with E-state index in [4.69, 9.17) is 9.15 Å². The second-order valence-corrected chi connectivity index (χ2v) is 5.82. The van der Waals surface area contributed by atoms with Gasteiger partial charge in [-0.25, -0.2) is 0 Å². The molecular weight excluding hydrogens is 238 g/mol. The van der Waals surface area contributed by atoms with Crippen molar-refractivity contribution in [1.29, 1.82) is 0 Å². The Morgan fingerprint density at radius 2 is 1.95 bits per heavy atom. The zero-order valence-corrected chi connectivity index (χ0v) is 11.0. The molecule has 3 heteroatoms. The molecule has 1 aromatic carbocycles. The Morgan fingerprint density at radius 3 is 2.79 bits per heavy atom. The Balaban J connectivity index is 1.51. The van der Waals surface area contributed by atoms with Gasteiger partial charge in [0.1, 0.15) is 17.4 Å². The molecule has 3 heterocycles. The van der Waals surface area contributed by atoms with Crippen LogP contribution in [0.15, 0.2) is 34.9 Å². The van der Waals surface area contributed by atoms with Gasteiger partial charge in [0.15, 0.2) is 0 Å². The van der Waals surface area contributed by atoms with Crippen LogP contribution in [0.2, 0.25) is 0 Å². The first-order valence-corrected chi connectivity index (χ1v) is 7.27. The van der Waals surface area contributed by atoms with Gasteiger partial charge in [-0.3, -0.25) is 0 Å². The summed E-state index contributed by atoms with van der Waals surface area (Å²) in [6, 6.07) is 9.40. The average Bonchev–Trinajstić information content (AvgIpc) is 2.85. The van der Waals surface area contributed by atoms with E-state index < -0.39 is 0 Å². The Bertz CT molecular complexity index is 565. The van der Waals surface area contributed by atoms with Crippen molar-refractivity contribution in [2.24, 2.45) is 0 Å². The van der Waals surface area contributed by atoms with E-state index in [0.717, 1.165) is 29.6 Å². The lowest BCUT2D eigenvalue weighted by molar-refractivity contribution is 0.0928. The number of rotatable bonds is 2. The van der Waals surface area contributed by atoms with Crippen molar-refractivity contribution in [1.82, 2.24) is 5.32 Å². The van der Waals surface area contributed by atoms with Gasteiger partial charge >= 0.3 is 0 Å². The van der Waals surface area contributed by atoms with Crippen LogP contribution in [0.4, 0.5) is 0 Å². The predicted octanol–water partition coefficient (Wildman–Crippen LogP) is 3.48. The van der Waals surface area contributed by atoms with Crippen LogP contribution in [0.25, 0.3) is 11.0 Å². The van der Waals surface area contributed by atoms with Crippen LogP contribution in [0, 0.1) is 0 Å². The largest absolute Gasteiger partial charge is 0.490 e. The number of nitrogens with one attached hydrogen (secondary N) is 1. The average molecular weight is 257 g/mol. The third-order valence-corrected chi connectivity index (χ3v) is 4.40. The lowest BCUT2D eigenvalue weighted by atomic mass is 9.85. The second-order valence-electron chi connectivity index (χ2n) is 5.82. The molecule has 19 heavy (non-hydrogen) atoms. The highest BCUT2D eigenvalue weighted by Gasteiger charge is 2.32. The number of hydrogen-bond donors (Lipinski definition) is 1. The fourth-order valence-electron chi connectivity index (χ4n) is 3.52. The van der Waals surface area contributed by atoms with Gasteiger partial charge in [-0.05, 0) is 49.9 Å². The molecule has 2 saturated heterocycles. The zero-order chi connectivity index (χ0) is 12.7. The van der Waals surface area contributed by atoms with Crippen LogP contribution < -0.4 is 10.1 Å². The van der Waals surface area contributed by atoms with E-state index in [-0.39, 0.29) is 0 Å². The summed E-state index contributed by atoms with van der Waals surface area (Å²) in [7, 11) is 0. The molecule has 0 saturated carbocycles. The molecule has 2 unspecified atom stereocenters. The Labute approximate surface area is 112 Å². The van der Waals surface area contributed by atoms with E-state index in [1.807, 2.05) is 18.2 Å². The quantitative estimate of drug-likeness (QED) is 0.894. The first-order valence-electron chi connectivity index (χ1n) is 7.27. The summed E-state index contributed by atoms with van der Waals surface area (Å²) in [4.78, 5) is 0. The minimum atomic E-state index is 0.362. The summed E-state index contributed by atoms with van der Waals surface area (Å²) in [5, 5.41) is 4.82. The number of hydrogen-bond acceptors (Lipinski definition) is 3. The number of piperidine rings is 2. The van der Waals surface area contributed by atoms with Crippen molar-refractivity contribution in [3.8, 4) is 5.75 Å². The van der Waals surface area contributed by atoms with Crippen molar-refractivity contribution < 1.29 is 9.15 Å². The molecule has 0 radical (unpaired) electrons. The molecule has 100 valence electrons. The highest BCUT2D eigenvalue weighted by molar-refractivity contribution is 5.78. The summed E-state index contributed by atoms with van der Waals surface area (Å²) in [6.07, 6.45) is 8.34. The SMILES string of the molecule is c1cc2cc(OC3CC4CCCC(C3)N4)ccc2o1. The van der Waals surface area contributed by atoms with E-state index in [9.17, 15) is 0 Å². The molecule has 0 spiro atoms. The zero-order valence-electron chi connectivity index (χ0n) is 11.0. The summed E-state index contributed by atoms with van der Waals surface area (Å²) in [5.41, 5.74) is 0.925. The van der Waals surface area contributed by atoms with E-state index in [0.29, 0.717) is 18.2 Å². The van der Waals surface area contributed by atoms with Gasteiger partial charge in [0, 0.05) is 17.5 Å². The van der Waals surface area contributed by atoms with Crippen molar-refractivity contribution in [3.63, 3.8) is 0 Å². The third kappa shape index (κ3) is 2.23. The van der Waals surface area contributed by atoms with E-state index in [1.54, 1.807) is 6.26 Å². The number of fused-ring (bicyclic) bond motifs is 3. The molecule has 2 atom stereocenters. The minimum absolute atomic E-state index is 0.362. The van der Waals surface area contributed by atoms with Crippen LogP contribution in [-0.4, -0.2) is 18.2 Å². The van der Waals surface area contributed by atoms with Crippen LogP contribution in [0.5, 0.6) is 5.75 Å². The maximum atomic E-state index is 6.19. The highest BCUT2D eigenvalue weighted by Crippen LogP contribution is 2.30. The molecular formula is C16H19NO2. The molecule has 2 aliphatic rings. The topological polar surface area (TPSA) is 34.4 Å². The molecule has 1 N–H and O–H groups in total. The third-order valence-electron chi connectivity index (χ3n) is 4.40. The van der Waals surface area contributed by atoms with E-state index in [2.05, 4.69) is 11.4 Å². The van der Waals surface area contributed by atoms with Crippen molar-refractivity contribution in [2.45, 2.75) is 50.3 Å². The van der Waals surface area contributed by atoms with Crippen molar-refractivity contribution in [2.75, 3.05) is 0 Å². The molecule has 2 aromatic rings. The van der Waals surface area contributed by atoms with Crippen LogP contribution >= 0.6 is 0 Å². The smallest absolute Gasteiger partial charge is 0.134 e. The Morgan fingerprint density at radius 1 is 1.11 bits per heavy atom. The number of ether oxygens (including phenoxy) is 1. The van der Waals surface area contributed by atoms with Gasteiger partial charge in [0.2, 0.25) is 0 Å². The molecule has 3 nitrogen and oxygen atoms in total. The monoisotopic (exact) mass is 257 g/mol. The van der Waals surface area contributed by atoms with Crippen molar-refractivity contribution in [3.05, 3.63) is 30.5 Å². The van der Waals surface area contributed by atoms with E-state index in [1.165, 1.54) is 19.3 Å². The maximum Gasteiger partial charge on any atom is 0.134 e. The lowest BCUT2D eigenvalue weighted by Crippen LogP contribution is -2.51. The lowest BCUT2D eigenvalue weighted by Gasteiger charge is -2.40. The summed E-state index contributed by atoms with van der Waals surface area (Å²) in [5.74, 6) is 0.971. The molecule has 2 bridgehead atoms. The molecule has 0 amide bonds. The standard InChI is InChI=1S/C16H19NO2/c1-2-12-9-15(10-13(3-1)17-12)19-14-4-5-16-11(8-14)6-7-18-16/h4-8,12-13,15,17H,1-3,9-10H2. The van der Waals surface area contributed by atoms with Crippen LogP contribution in [0.3, 0.4) is 0 Å². The number of benzene rings is 1. The fraction of sp³-hybridized carbons (Fsp3) is 0.500. The molecule has 2 fully saturated rings. The molecule has 2 aliphatic heterocycles. The highest BCUT2D eigenvalue weighted by atomic mass is 16.5.